The third-order valence-corrected chi connectivity index (χ3v) is 5.52. The molecule has 3 rings (SSSR count). The summed E-state index contributed by atoms with van der Waals surface area (Å²) >= 11 is 1.79. The Kier molecular flexibility index (Phi) is 4.79. The second kappa shape index (κ2) is 6.80. The number of aromatic nitrogens is 1. The standard InChI is InChI=1S/C18H24N2OS/c1-13(2)20-10-8-14(9-11-20)18-19-16(12-22-18)15-6-4-5-7-17(15)21-3/h4-7,12-14H,8-11H2,1-3H3. The lowest BCUT2D eigenvalue weighted by Crippen LogP contribution is -2.37. The zero-order valence-electron chi connectivity index (χ0n) is 13.6. The van der Waals surface area contributed by atoms with Gasteiger partial charge in [0.15, 0.2) is 0 Å². The summed E-state index contributed by atoms with van der Waals surface area (Å²) in [6.45, 7) is 6.94. The second-order valence-corrected chi connectivity index (χ2v) is 7.06. The lowest BCUT2D eigenvalue weighted by molar-refractivity contribution is 0.172. The fraction of sp³-hybridized carbons (Fsp3) is 0.500. The number of ether oxygens (including phenoxy) is 1. The Morgan fingerprint density at radius 2 is 1.95 bits per heavy atom. The van der Waals surface area contributed by atoms with Gasteiger partial charge >= 0.3 is 0 Å². The Morgan fingerprint density at radius 3 is 2.64 bits per heavy atom. The summed E-state index contributed by atoms with van der Waals surface area (Å²) in [5.41, 5.74) is 2.14. The fourth-order valence-electron chi connectivity index (χ4n) is 3.12. The lowest BCUT2D eigenvalue weighted by atomic mass is 9.96. The number of piperidine rings is 1. The molecule has 0 bridgehead atoms. The van der Waals surface area contributed by atoms with Crippen LogP contribution in [0, 0.1) is 0 Å². The summed E-state index contributed by atoms with van der Waals surface area (Å²) in [6.07, 6.45) is 2.44. The van der Waals surface area contributed by atoms with E-state index in [4.69, 9.17) is 9.72 Å². The number of methoxy groups -OCH3 is 1. The number of rotatable bonds is 4. The van der Waals surface area contributed by atoms with Crippen LogP contribution in [0.3, 0.4) is 0 Å². The maximum Gasteiger partial charge on any atom is 0.128 e. The van der Waals surface area contributed by atoms with E-state index in [1.807, 2.05) is 18.2 Å². The van der Waals surface area contributed by atoms with E-state index < -0.39 is 0 Å². The molecule has 1 aliphatic rings. The predicted octanol–water partition coefficient (Wildman–Crippen LogP) is 4.41. The van der Waals surface area contributed by atoms with E-state index in [1.54, 1.807) is 18.4 Å². The molecule has 1 fully saturated rings. The number of hydrogen-bond donors (Lipinski definition) is 0. The van der Waals surface area contributed by atoms with Crippen molar-refractivity contribution in [2.75, 3.05) is 20.2 Å². The molecule has 0 atom stereocenters. The van der Waals surface area contributed by atoms with Crippen molar-refractivity contribution >= 4 is 11.3 Å². The van der Waals surface area contributed by atoms with Crippen molar-refractivity contribution in [1.82, 2.24) is 9.88 Å². The van der Waals surface area contributed by atoms with Gasteiger partial charge in [-0.15, -0.1) is 11.3 Å². The molecule has 118 valence electrons. The molecule has 3 nitrogen and oxygen atoms in total. The second-order valence-electron chi connectivity index (χ2n) is 6.18. The van der Waals surface area contributed by atoms with Crippen LogP contribution in [0.1, 0.15) is 37.6 Å². The minimum absolute atomic E-state index is 0.614. The summed E-state index contributed by atoms with van der Waals surface area (Å²) in [6, 6.07) is 8.77. The van der Waals surface area contributed by atoms with Gasteiger partial charge in [0.05, 0.1) is 17.8 Å². The molecule has 22 heavy (non-hydrogen) atoms. The van der Waals surface area contributed by atoms with Crippen molar-refractivity contribution in [3.63, 3.8) is 0 Å². The molecule has 2 heterocycles. The lowest BCUT2D eigenvalue weighted by Gasteiger charge is -2.33. The summed E-state index contributed by atoms with van der Waals surface area (Å²) in [5, 5.41) is 3.45. The van der Waals surface area contributed by atoms with Crippen LogP contribution in [-0.2, 0) is 0 Å². The summed E-state index contributed by atoms with van der Waals surface area (Å²) in [4.78, 5) is 7.46. The predicted molar refractivity (Wildman–Crippen MR) is 92.8 cm³/mol. The molecule has 0 radical (unpaired) electrons. The molecular weight excluding hydrogens is 292 g/mol. The van der Waals surface area contributed by atoms with E-state index in [0.717, 1.165) is 17.0 Å². The van der Waals surface area contributed by atoms with E-state index in [2.05, 4.69) is 30.2 Å². The van der Waals surface area contributed by atoms with Gasteiger partial charge in [0.25, 0.3) is 0 Å². The summed E-state index contributed by atoms with van der Waals surface area (Å²) < 4.78 is 5.45. The smallest absolute Gasteiger partial charge is 0.128 e. The third kappa shape index (κ3) is 3.18. The van der Waals surface area contributed by atoms with Crippen LogP contribution in [-0.4, -0.2) is 36.1 Å². The largest absolute Gasteiger partial charge is 0.496 e. The topological polar surface area (TPSA) is 25.4 Å². The van der Waals surface area contributed by atoms with Crippen LogP contribution < -0.4 is 4.74 Å². The Morgan fingerprint density at radius 1 is 1.23 bits per heavy atom. The molecule has 4 heteroatoms. The van der Waals surface area contributed by atoms with Crippen molar-refractivity contribution in [2.24, 2.45) is 0 Å². The fourth-order valence-corrected chi connectivity index (χ4v) is 4.11. The highest BCUT2D eigenvalue weighted by atomic mass is 32.1. The third-order valence-electron chi connectivity index (χ3n) is 4.51. The number of hydrogen-bond acceptors (Lipinski definition) is 4. The van der Waals surface area contributed by atoms with Crippen molar-refractivity contribution in [3.8, 4) is 17.0 Å². The van der Waals surface area contributed by atoms with Crippen LogP contribution in [0.5, 0.6) is 5.75 Å². The van der Waals surface area contributed by atoms with Gasteiger partial charge in [-0.3, -0.25) is 0 Å². The van der Waals surface area contributed by atoms with Gasteiger partial charge in [-0.2, -0.15) is 0 Å². The molecule has 2 aromatic rings. The van der Waals surface area contributed by atoms with Crippen LogP contribution in [0.4, 0.5) is 0 Å². The molecular formula is C18H24N2OS. The minimum Gasteiger partial charge on any atom is -0.496 e. The molecule has 1 aliphatic heterocycles. The quantitative estimate of drug-likeness (QED) is 0.835. The molecule has 0 unspecified atom stereocenters. The van der Waals surface area contributed by atoms with Crippen LogP contribution in [0.25, 0.3) is 11.3 Å². The van der Waals surface area contributed by atoms with Gasteiger partial charge in [-0.25, -0.2) is 4.98 Å². The molecule has 0 amide bonds. The summed E-state index contributed by atoms with van der Waals surface area (Å²) in [5.74, 6) is 1.51. The van der Waals surface area contributed by atoms with Crippen LogP contribution >= 0.6 is 11.3 Å². The molecule has 0 saturated carbocycles. The Hall–Kier alpha value is -1.39. The maximum atomic E-state index is 5.45. The zero-order valence-corrected chi connectivity index (χ0v) is 14.4. The highest BCUT2D eigenvalue weighted by Gasteiger charge is 2.24. The zero-order chi connectivity index (χ0) is 15.5. The van der Waals surface area contributed by atoms with E-state index in [-0.39, 0.29) is 0 Å². The van der Waals surface area contributed by atoms with E-state index in [0.29, 0.717) is 12.0 Å². The number of thiazole rings is 1. The highest BCUT2D eigenvalue weighted by molar-refractivity contribution is 7.10. The number of para-hydroxylation sites is 1. The van der Waals surface area contributed by atoms with Crippen LogP contribution in [0.2, 0.25) is 0 Å². The van der Waals surface area contributed by atoms with Gasteiger partial charge in [-0.1, -0.05) is 12.1 Å². The van der Waals surface area contributed by atoms with Gasteiger partial charge in [0.1, 0.15) is 5.75 Å². The van der Waals surface area contributed by atoms with Gasteiger partial charge < -0.3 is 9.64 Å². The van der Waals surface area contributed by atoms with E-state index in [9.17, 15) is 0 Å². The maximum absolute atomic E-state index is 5.45. The van der Waals surface area contributed by atoms with E-state index >= 15 is 0 Å². The normalized spacial score (nSPS) is 17.1. The van der Waals surface area contributed by atoms with Crippen molar-refractivity contribution in [1.29, 1.82) is 0 Å². The molecule has 1 saturated heterocycles. The van der Waals surface area contributed by atoms with Crippen molar-refractivity contribution in [2.45, 2.75) is 38.6 Å². The van der Waals surface area contributed by atoms with Gasteiger partial charge in [0, 0.05) is 22.9 Å². The van der Waals surface area contributed by atoms with Crippen molar-refractivity contribution < 1.29 is 4.74 Å². The van der Waals surface area contributed by atoms with Gasteiger partial charge in [0.2, 0.25) is 0 Å². The summed E-state index contributed by atoms with van der Waals surface area (Å²) in [7, 11) is 1.72. The van der Waals surface area contributed by atoms with Crippen LogP contribution in [0.15, 0.2) is 29.6 Å². The number of nitrogens with zero attached hydrogens (tertiary/aromatic N) is 2. The van der Waals surface area contributed by atoms with Crippen molar-refractivity contribution in [3.05, 3.63) is 34.7 Å². The Bertz CT molecular complexity index is 615. The average Bonchev–Trinajstić information content (AvgIpc) is 3.04. The molecule has 1 aromatic heterocycles. The monoisotopic (exact) mass is 316 g/mol. The average molecular weight is 316 g/mol. The molecule has 0 spiro atoms. The SMILES string of the molecule is COc1ccccc1-c1csc(C2CCN(C(C)C)CC2)n1. The molecule has 1 aromatic carbocycles. The Labute approximate surface area is 137 Å². The molecule has 0 aliphatic carbocycles. The number of benzene rings is 1. The number of likely N-dealkylation sites (tertiary alicyclic amines) is 1. The first kappa shape index (κ1) is 15.5. The first-order chi connectivity index (χ1) is 10.7. The van der Waals surface area contributed by atoms with E-state index in [1.165, 1.54) is 30.9 Å². The first-order valence-electron chi connectivity index (χ1n) is 8.02. The highest BCUT2D eigenvalue weighted by Crippen LogP contribution is 2.35. The minimum atomic E-state index is 0.614. The van der Waals surface area contributed by atoms with Gasteiger partial charge in [-0.05, 0) is 51.9 Å². The Balaban J connectivity index is 1.75. The first-order valence-corrected chi connectivity index (χ1v) is 8.90. The molecule has 0 N–H and O–H groups in total.